The van der Waals surface area contributed by atoms with E-state index in [0.717, 1.165) is 19.6 Å². The largest absolute Gasteiger partial charge is 0.314 e. The van der Waals surface area contributed by atoms with Gasteiger partial charge in [-0.25, -0.2) is 4.68 Å². The number of likely N-dealkylation sites (N-methyl/N-ethyl adjacent to an activating group) is 1. The highest BCUT2D eigenvalue weighted by atomic mass is 16.6. The fourth-order valence-electron chi connectivity index (χ4n) is 1.98. The lowest BCUT2D eigenvalue weighted by molar-refractivity contribution is -0.383. The van der Waals surface area contributed by atoms with E-state index in [2.05, 4.69) is 34.0 Å². The molecular formula is C11H16N6O2. The van der Waals surface area contributed by atoms with Gasteiger partial charge in [0.2, 0.25) is 0 Å². The summed E-state index contributed by atoms with van der Waals surface area (Å²) in [5.41, 5.74) is 0.836. The van der Waals surface area contributed by atoms with Crippen LogP contribution >= 0.6 is 0 Å². The maximum absolute atomic E-state index is 11.0. The molecule has 0 aliphatic rings. The first-order valence-corrected chi connectivity index (χ1v) is 6.21. The zero-order valence-corrected chi connectivity index (χ0v) is 11.0. The predicted octanol–water partition coefficient (Wildman–Crippen LogP) is 1.08. The Balaban J connectivity index is 2.31. The van der Waals surface area contributed by atoms with E-state index in [-0.39, 0.29) is 5.69 Å². The van der Waals surface area contributed by atoms with E-state index in [1.165, 1.54) is 12.4 Å². The first-order valence-electron chi connectivity index (χ1n) is 6.21. The predicted molar refractivity (Wildman–Crippen MR) is 69.8 cm³/mol. The third-order valence-corrected chi connectivity index (χ3v) is 3.12. The summed E-state index contributed by atoms with van der Waals surface area (Å²) in [7, 11) is 0. The van der Waals surface area contributed by atoms with E-state index in [9.17, 15) is 10.1 Å². The SMILES string of the molecule is CCN(CC)CCn1nnc2cncc([N+](=O)[O-])c21. The van der Waals surface area contributed by atoms with Gasteiger partial charge in [0.05, 0.1) is 17.7 Å². The molecular weight excluding hydrogens is 248 g/mol. The number of aromatic nitrogens is 4. The minimum absolute atomic E-state index is 0.0537. The second kappa shape index (κ2) is 5.70. The third-order valence-electron chi connectivity index (χ3n) is 3.12. The van der Waals surface area contributed by atoms with Crippen molar-refractivity contribution < 1.29 is 4.92 Å². The quantitative estimate of drug-likeness (QED) is 0.572. The normalized spacial score (nSPS) is 11.3. The molecule has 2 heterocycles. The Kier molecular flexibility index (Phi) is 4.00. The van der Waals surface area contributed by atoms with Gasteiger partial charge in [0.15, 0.2) is 5.52 Å². The summed E-state index contributed by atoms with van der Waals surface area (Å²) in [6.45, 7) is 7.39. The summed E-state index contributed by atoms with van der Waals surface area (Å²) < 4.78 is 1.58. The molecule has 8 heteroatoms. The fourth-order valence-corrected chi connectivity index (χ4v) is 1.98. The van der Waals surface area contributed by atoms with Crippen LogP contribution in [0, 0.1) is 10.1 Å². The summed E-state index contributed by atoms with van der Waals surface area (Å²) in [5, 5.41) is 18.9. The van der Waals surface area contributed by atoms with Crippen molar-refractivity contribution in [2.24, 2.45) is 0 Å². The van der Waals surface area contributed by atoms with Gasteiger partial charge >= 0.3 is 5.69 Å². The molecule has 0 fully saturated rings. The molecule has 0 atom stereocenters. The molecule has 102 valence electrons. The number of fused-ring (bicyclic) bond motifs is 1. The van der Waals surface area contributed by atoms with Crippen molar-refractivity contribution in [1.82, 2.24) is 24.9 Å². The summed E-state index contributed by atoms with van der Waals surface area (Å²) in [4.78, 5) is 16.6. The summed E-state index contributed by atoms with van der Waals surface area (Å²) in [5.74, 6) is 0. The fraction of sp³-hybridized carbons (Fsp3) is 0.545. The number of pyridine rings is 1. The molecule has 19 heavy (non-hydrogen) atoms. The van der Waals surface area contributed by atoms with Crippen molar-refractivity contribution >= 4 is 16.7 Å². The Labute approximate surface area is 110 Å². The molecule has 0 radical (unpaired) electrons. The molecule has 2 aromatic rings. The zero-order chi connectivity index (χ0) is 13.8. The Morgan fingerprint density at radius 3 is 2.74 bits per heavy atom. The molecule has 2 aromatic heterocycles. The van der Waals surface area contributed by atoms with Gasteiger partial charge in [0.25, 0.3) is 0 Å². The number of rotatable bonds is 6. The minimum atomic E-state index is -0.452. The molecule has 0 saturated heterocycles. The van der Waals surface area contributed by atoms with Crippen LogP contribution in [0.5, 0.6) is 0 Å². The van der Waals surface area contributed by atoms with Gasteiger partial charge in [0.1, 0.15) is 11.7 Å². The van der Waals surface area contributed by atoms with E-state index >= 15 is 0 Å². The van der Waals surface area contributed by atoms with Gasteiger partial charge in [-0.1, -0.05) is 19.1 Å². The monoisotopic (exact) mass is 264 g/mol. The highest BCUT2D eigenvalue weighted by Gasteiger charge is 2.18. The van der Waals surface area contributed by atoms with E-state index in [1.807, 2.05) is 0 Å². The van der Waals surface area contributed by atoms with Crippen LogP contribution in [0.2, 0.25) is 0 Å². The van der Waals surface area contributed by atoms with Gasteiger partial charge in [-0.3, -0.25) is 15.1 Å². The van der Waals surface area contributed by atoms with Crippen LogP contribution in [0.3, 0.4) is 0 Å². The summed E-state index contributed by atoms with van der Waals surface area (Å²) >= 11 is 0. The molecule has 0 amide bonds. The molecule has 0 unspecified atom stereocenters. The Morgan fingerprint density at radius 1 is 1.37 bits per heavy atom. The van der Waals surface area contributed by atoms with E-state index in [1.54, 1.807) is 4.68 Å². The Hall–Kier alpha value is -2.09. The Bertz CT molecular complexity index is 578. The van der Waals surface area contributed by atoms with E-state index in [0.29, 0.717) is 17.6 Å². The molecule has 0 spiro atoms. The van der Waals surface area contributed by atoms with Crippen LogP contribution < -0.4 is 0 Å². The van der Waals surface area contributed by atoms with Crippen LogP contribution in [0.15, 0.2) is 12.4 Å². The molecule has 0 aliphatic carbocycles. The second-order valence-corrected chi connectivity index (χ2v) is 4.12. The maximum atomic E-state index is 11.0. The summed E-state index contributed by atoms with van der Waals surface area (Å²) in [6.07, 6.45) is 2.73. The number of hydrogen-bond acceptors (Lipinski definition) is 6. The lowest BCUT2D eigenvalue weighted by atomic mass is 10.3. The topological polar surface area (TPSA) is 90.0 Å². The lowest BCUT2D eigenvalue weighted by Gasteiger charge is -2.17. The third kappa shape index (κ3) is 2.68. The first kappa shape index (κ1) is 13.3. The zero-order valence-electron chi connectivity index (χ0n) is 11.0. The van der Waals surface area contributed by atoms with Crippen LogP contribution in [0.1, 0.15) is 13.8 Å². The number of nitrogens with zero attached hydrogens (tertiary/aromatic N) is 6. The van der Waals surface area contributed by atoms with E-state index in [4.69, 9.17) is 0 Å². The van der Waals surface area contributed by atoms with Crippen LogP contribution in [0.4, 0.5) is 5.69 Å². The highest BCUT2D eigenvalue weighted by Crippen LogP contribution is 2.21. The first-order chi connectivity index (χ1) is 9.17. The highest BCUT2D eigenvalue weighted by molar-refractivity contribution is 5.82. The van der Waals surface area contributed by atoms with Crippen molar-refractivity contribution in [2.75, 3.05) is 19.6 Å². The van der Waals surface area contributed by atoms with Gasteiger partial charge in [-0.15, -0.1) is 5.10 Å². The van der Waals surface area contributed by atoms with Crippen molar-refractivity contribution in [3.8, 4) is 0 Å². The van der Waals surface area contributed by atoms with Gasteiger partial charge in [-0.2, -0.15) is 0 Å². The number of hydrogen-bond donors (Lipinski definition) is 0. The maximum Gasteiger partial charge on any atom is 0.314 e. The molecule has 0 aliphatic heterocycles. The van der Waals surface area contributed by atoms with E-state index < -0.39 is 4.92 Å². The molecule has 0 aromatic carbocycles. The molecule has 0 bridgehead atoms. The standard InChI is InChI=1S/C11H16N6O2/c1-3-15(4-2)5-6-16-11-9(13-14-16)7-12-8-10(11)17(18)19/h7-8H,3-6H2,1-2H3. The summed E-state index contributed by atoms with van der Waals surface area (Å²) in [6, 6.07) is 0. The van der Waals surface area contributed by atoms with Crippen molar-refractivity contribution in [1.29, 1.82) is 0 Å². The molecule has 0 N–H and O–H groups in total. The molecule has 8 nitrogen and oxygen atoms in total. The minimum Gasteiger partial charge on any atom is -0.302 e. The van der Waals surface area contributed by atoms with Crippen molar-refractivity contribution in [2.45, 2.75) is 20.4 Å². The smallest absolute Gasteiger partial charge is 0.302 e. The Morgan fingerprint density at radius 2 is 2.11 bits per heavy atom. The van der Waals surface area contributed by atoms with Crippen LogP contribution in [-0.4, -0.2) is 49.4 Å². The van der Waals surface area contributed by atoms with Crippen LogP contribution in [-0.2, 0) is 6.54 Å². The van der Waals surface area contributed by atoms with Crippen LogP contribution in [0.25, 0.3) is 11.0 Å². The van der Waals surface area contributed by atoms with Gasteiger partial charge in [-0.05, 0) is 13.1 Å². The molecule has 2 rings (SSSR count). The second-order valence-electron chi connectivity index (χ2n) is 4.12. The van der Waals surface area contributed by atoms with Gasteiger partial charge in [0, 0.05) is 6.54 Å². The molecule has 0 saturated carbocycles. The van der Waals surface area contributed by atoms with Crippen molar-refractivity contribution in [3.05, 3.63) is 22.5 Å². The number of nitro groups is 1. The van der Waals surface area contributed by atoms with Gasteiger partial charge < -0.3 is 4.90 Å². The van der Waals surface area contributed by atoms with Crippen molar-refractivity contribution in [3.63, 3.8) is 0 Å². The average molecular weight is 264 g/mol. The average Bonchev–Trinajstić information content (AvgIpc) is 2.83. The lowest BCUT2D eigenvalue weighted by Crippen LogP contribution is -2.27.